The first kappa shape index (κ1) is 20.2. The second-order valence-electron chi connectivity index (χ2n) is 7.78. The van der Waals surface area contributed by atoms with E-state index in [1.165, 1.54) is 0 Å². The van der Waals surface area contributed by atoms with Gasteiger partial charge in [0.1, 0.15) is 17.8 Å². The van der Waals surface area contributed by atoms with Crippen molar-refractivity contribution < 1.29 is 19.1 Å². The first-order valence-electron chi connectivity index (χ1n) is 9.90. The molecule has 2 aliphatic heterocycles. The van der Waals surface area contributed by atoms with E-state index in [0.29, 0.717) is 17.9 Å². The van der Waals surface area contributed by atoms with Gasteiger partial charge in [-0.2, -0.15) is 0 Å². The Labute approximate surface area is 166 Å². The van der Waals surface area contributed by atoms with Gasteiger partial charge in [-0.25, -0.2) is 4.79 Å². The summed E-state index contributed by atoms with van der Waals surface area (Å²) in [5.74, 6) is 0.151. The molecular weight excluding hydrogens is 358 g/mol. The summed E-state index contributed by atoms with van der Waals surface area (Å²) in [4.78, 5) is 41.4. The average Bonchev–Trinajstić information content (AvgIpc) is 2.91. The Morgan fingerprint density at radius 3 is 2.71 bits per heavy atom. The number of carbonyl (C=O) groups is 3. The normalized spacial score (nSPS) is 25.1. The summed E-state index contributed by atoms with van der Waals surface area (Å²) < 4.78 is 5.27. The zero-order valence-corrected chi connectivity index (χ0v) is 17.1. The minimum absolute atomic E-state index is 0.162. The molecule has 152 valence electrons. The molecular formula is C21H29N3O4. The standard InChI is InChI=1S/C21H29N3O4/c1-5-16-8-6-7-11-23(16)18(25)13-24-19(26)21(3,22-20(24)27)15-9-10-17(28-4)14(2)12-15/h9-10,12,16H,5-8,11,13H2,1-4H3,(H,22,27). The molecule has 0 radical (unpaired) electrons. The van der Waals surface area contributed by atoms with Crippen molar-refractivity contribution in [2.45, 2.75) is 58.0 Å². The van der Waals surface area contributed by atoms with Gasteiger partial charge in [0.15, 0.2) is 0 Å². The average molecular weight is 387 g/mol. The number of benzene rings is 1. The van der Waals surface area contributed by atoms with Gasteiger partial charge in [-0.05, 0) is 62.8 Å². The van der Waals surface area contributed by atoms with Gasteiger partial charge in [-0.15, -0.1) is 0 Å². The third kappa shape index (κ3) is 3.45. The Morgan fingerprint density at radius 1 is 1.32 bits per heavy atom. The number of likely N-dealkylation sites (tertiary alicyclic amines) is 1. The highest BCUT2D eigenvalue weighted by molar-refractivity contribution is 6.09. The maximum absolute atomic E-state index is 13.1. The third-order valence-electron chi connectivity index (χ3n) is 5.96. The molecule has 4 amide bonds. The van der Waals surface area contributed by atoms with Crippen molar-refractivity contribution in [2.24, 2.45) is 0 Å². The summed E-state index contributed by atoms with van der Waals surface area (Å²) in [7, 11) is 1.59. The SMILES string of the molecule is CCC1CCCCN1C(=O)CN1C(=O)NC(C)(c2ccc(OC)c(C)c2)C1=O. The molecule has 3 rings (SSSR count). The first-order valence-corrected chi connectivity index (χ1v) is 9.90. The van der Waals surface area contributed by atoms with Crippen molar-refractivity contribution in [3.05, 3.63) is 29.3 Å². The van der Waals surface area contributed by atoms with E-state index in [1.54, 1.807) is 26.2 Å². The van der Waals surface area contributed by atoms with Gasteiger partial charge in [0.05, 0.1) is 7.11 Å². The second kappa shape index (κ2) is 7.81. The molecule has 1 aromatic rings. The molecule has 7 nitrogen and oxygen atoms in total. The Kier molecular flexibility index (Phi) is 5.63. The monoisotopic (exact) mass is 387 g/mol. The fourth-order valence-corrected chi connectivity index (χ4v) is 4.21. The lowest BCUT2D eigenvalue weighted by molar-refractivity contribution is -0.141. The molecule has 2 aliphatic rings. The van der Waals surface area contributed by atoms with Crippen LogP contribution < -0.4 is 10.1 Å². The van der Waals surface area contributed by atoms with Crippen LogP contribution in [-0.4, -0.2) is 53.9 Å². The number of urea groups is 1. The summed E-state index contributed by atoms with van der Waals surface area (Å²) >= 11 is 0. The Hall–Kier alpha value is -2.57. The number of methoxy groups -OCH3 is 1. The van der Waals surface area contributed by atoms with E-state index in [1.807, 2.05) is 17.9 Å². The maximum Gasteiger partial charge on any atom is 0.325 e. The van der Waals surface area contributed by atoms with Crippen LogP contribution in [0, 0.1) is 6.92 Å². The summed E-state index contributed by atoms with van der Waals surface area (Å²) in [6.45, 7) is 6.10. The lowest BCUT2D eigenvalue weighted by Crippen LogP contribution is -2.49. The van der Waals surface area contributed by atoms with E-state index >= 15 is 0 Å². The van der Waals surface area contributed by atoms with Gasteiger partial charge >= 0.3 is 6.03 Å². The number of hydrogen-bond donors (Lipinski definition) is 1. The number of piperidine rings is 1. The predicted octanol–water partition coefficient (Wildman–Crippen LogP) is 2.56. The minimum atomic E-state index is -1.19. The quantitative estimate of drug-likeness (QED) is 0.788. The topological polar surface area (TPSA) is 79.0 Å². The molecule has 0 saturated carbocycles. The van der Waals surface area contributed by atoms with Gasteiger partial charge in [-0.3, -0.25) is 14.5 Å². The molecule has 0 aliphatic carbocycles. The van der Waals surface area contributed by atoms with Crippen molar-refractivity contribution in [3.8, 4) is 5.75 Å². The van der Waals surface area contributed by atoms with E-state index in [2.05, 4.69) is 12.2 Å². The Balaban J connectivity index is 1.79. The van der Waals surface area contributed by atoms with Crippen LogP contribution in [0.1, 0.15) is 50.7 Å². The molecule has 28 heavy (non-hydrogen) atoms. The van der Waals surface area contributed by atoms with Crippen LogP contribution in [-0.2, 0) is 15.1 Å². The smallest absolute Gasteiger partial charge is 0.325 e. The molecule has 0 spiro atoms. The van der Waals surface area contributed by atoms with Gasteiger partial charge in [0, 0.05) is 12.6 Å². The van der Waals surface area contributed by atoms with E-state index in [-0.39, 0.29) is 18.5 Å². The van der Waals surface area contributed by atoms with Crippen molar-refractivity contribution in [1.29, 1.82) is 0 Å². The van der Waals surface area contributed by atoms with Crippen LogP contribution >= 0.6 is 0 Å². The second-order valence-corrected chi connectivity index (χ2v) is 7.78. The highest BCUT2D eigenvalue weighted by Gasteiger charge is 2.50. The van der Waals surface area contributed by atoms with E-state index < -0.39 is 17.5 Å². The van der Waals surface area contributed by atoms with Crippen LogP contribution in [0.5, 0.6) is 5.75 Å². The molecule has 1 N–H and O–H groups in total. The fourth-order valence-electron chi connectivity index (χ4n) is 4.21. The van der Waals surface area contributed by atoms with E-state index in [9.17, 15) is 14.4 Å². The lowest BCUT2D eigenvalue weighted by Gasteiger charge is -2.36. The molecule has 2 unspecified atom stereocenters. The molecule has 2 fully saturated rings. The number of ether oxygens (including phenoxy) is 1. The van der Waals surface area contributed by atoms with Crippen molar-refractivity contribution in [2.75, 3.05) is 20.2 Å². The molecule has 2 heterocycles. The Bertz CT molecular complexity index is 794. The summed E-state index contributed by atoms with van der Waals surface area (Å²) in [6, 6.07) is 5.05. The van der Waals surface area contributed by atoms with Crippen LogP contribution in [0.4, 0.5) is 4.79 Å². The fraction of sp³-hybridized carbons (Fsp3) is 0.571. The van der Waals surface area contributed by atoms with Gasteiger partial charge in [0.2, 0.25) is 5.91 Å². The number of imide groups is 1. The zero-order chi connectivity index (χ0) is 20.5. The summed E-state index contributed by atoms with van der Waals surface area (Å²) in [5.41, 5.74) is 0.348. The van der Waals surface area contributed by atoms with Gasteiger partial charge in [-0.1, -0.05) is 13.0 Å². The van der Waals surface area contributed by atoms with Crippen molar-refractivity contribution in [1.82, 2.24) is 15.1 Å². The number of carbonyl (C=O) groups excluding carboxylic acids is 3. The third-order valence-corrected chi connectivity index (χ3v) is 5.96. The molecule has 0 bridgehead atoms. The highest BCUT2D eigenvalue weighted by atomic mass is 16.5. The summed E-state index contributed by atoms with van der Waals surface area (Å²) in [5, 5.41) is 2.77. The number of aryl methyl sites for hydroxylation is 1. The lowest BCUT2D eigenvalue weighted by atomic mass is 9.90. The number of amides is 4. The molecule has 2 atom stereocenters. The van der Waals surface area contributed by atoms with Crippen LogP contribution in [0.3, 0.4) is 0 Å². The molecule has 2 saturated heterocycles. The molecule has 7 heteroatoms. The van der Waals surface area contributed by atoms with Crippen molar-refractivity contribution in [3.63, 3.8) is 0 Å². The van der Waals surface area contributed by atoms with Gasteiger partial charge < -0.3 is 15.0 Å². The van der Waals surface area contributed by atoms with Crippen LogP contribution in [0.25, 0.3) is 0 Å². The Morgan fingerprint density at radius 2 is 2.07 bits per heavy atom. The molecule has 1 aromatic carbocycles. The number of rotatable bonds is 5. The number of hydrogen-bond acceptors (Lipinski definition) is 4. The largest absolute Gasteiger partial charge is 0.496 e. The highest BCUT2D eigenvalue weighted by Crippen LogP contribution is 2.32. The minimum Gasteiger partial charge on any atom is -0.496 e. The number of nitrogens with one attached hydrogen (secondary N) is 1. The van der Waals surface area contributed by atoms with Gasteiger partial charge in [0.25, 0.3) is 5.91 Å². The van der Waals surface area contributed by atoms with Crippen molar-refractivity contribution >= 4 is 17.8 Å². The van der Waals surface area contributed by atoms with E-state index in [0.717, 1.165) is 36.1 Å². The zero-order valence-electron chi connectivity index (χ0n) is 17.1. The predicted molar refractivity (Wildman–Crippen MR) is 105 cm³/mol. The molecule has 0 aromatic heterocycles. The van der Waals surface area contributed by atoms with Crippen LogP contribution in [0.15, 0.2) is 18.2 Å². The summed E-state index contributed by atoms with van der Waals surface area (Å²) in [6.07, 6.45) is 3.94. The maximum atomic E-state index is 13.1. The first-order chi connectivity index (χ1) is 13.3. The number of nitrogens with zero attached hydrogens (tertiary/aromatic N) is 2. The van der Waals surface area contributed by atoms with Crippen LogP contribution in [0.2, 0.25) is 0 Å². The van der Waals surface area contributed by atoms with E-state index in [4.69, 9.17) is 4.74 Å².